The smallest absolute Gasteiger partial charge is 0.0510 e. The van der Waals surface area contributed by atoms with Crippen molar-refractivity contribution in [2.75, 3.05) is 32.8 Å². The molecular formula is C18H35N3. The van der Waals surface area contributed by atoms with Crippen LogP contribution in [0.5, 0.6) is 0 Å². The standard InChI is InChI=1S/C18H35N3/c1-17(2,3)14-9-19(10-14)13-20-11-16-8-7-15(20)12-21(16)18(4,5)6/h14-16H,7-13H2,1-6H3/i9D2,10D2. The molecule has 2 bridgehead atoms. The second kappa shape index (κ2) is 5.21. The van der Waals surface area contributed by atoms with Crippen molar-refractivity contribution in [1.29, 1.82) is 0 Å². The number of piperazine rings is 1. The number of piperidine rings is 2. The van der Waals surface area contributed by atoms with E-state index in [-0.39, 0.29) is 5.54 Å². The Balaban J connectivity index is 1.72. The monoisotopic (exact) mass is 297 g/mol. The van der Waals surface area contributed by atoms with E-state index in [9.17, 15) is 0 Å². The second-order valence-corrected chi connectivity index (χ2v) is 9.11. The van der Waals surface area contributed by atoms with E-state index in [0.29, 0.717) is 18.8 Å². The SMILES string of the molecule is [2H]C1([2H])C(C(C)(C)C)C([2H])([2H])N1CN1CC2CCC1CN2C(C)(C)C. The molecule has 0 spiro atoms. The number of hydrogen-bond acceptors (Lipinski definition) is 3. The molecule has 3 nitrogen and oxygen atoms in total. The molecule has 2 unspecified atom stereocenters. The third-order valence-corrected chi connectivity index (χ3v) is 5.26. The van der Waals surface area contributed by atoms with E-state index < -0.39 is 24.3 Å². The molecular weight excluding hydrogens is 258 g/mol. The fourth-order valence-electron chi connectivity index (χ4n) is 3.87. The maximum atomic E-state index is 8.50. The van der Waals surface area contributed by atoms with Gasteiger partial charge in [-0.25, -0.2) is 0 Å². The van der Waals surface area contributed by atoms with Crippen molar-refractivity contribution < 1.29 is 5.48 Å². The average molecular weight is 298 g/mol. The van der Waals surface area contributed by atoms with Crippen LogP contribution in [0.1, 0.15) is 59.9 Å². The fraction of sp³-hybridized carbons (Fsp3) is 1.00. The van der Waals surface area contributed by atoms with E-state index in [1.807, 2.05) is 20.8 Å². The maximum absolute atomic E-state index is 8.50. The molecule has 4 saturated heterocycles. The normalized spacial score (nSPS) is 41.0. The van der Waals surface area contributed by atoms with Crippen molar-refractivity contribution in [3.05, 3.63) is 0 Å². The lowest BCUT2D eigenvalue weighted by Gasteiger charge is -2.58. The van der Waals surface area contributed by atoms with E-state index in [4.69, 9.17) is 5.48 Å². The van der Waals surface area contributed by atoms with E-state index in [1.165, 1.54) is 11.3 Å². The maximum Gasteiger partial charge on any atom is 0.0510 e. The number of nitrogens with zero attached hydrogens (tertiary/aromatic N) is 3. The third kappa shape index (κ3) is 3.16. The largest absolute Gasteiger partial charge is 0.293 e. The molecule has 122 valence electrons. The molecule has 0 aliphatic carbocycles. The highest BCUT2D eigenvalue weighted by Crippen LogP contribution is 2.36. The molecule has 4 fully saturated rings. The molecule has 0 saturated carbocycles. The predicted molar refractivity (Wildman–Crippen MR) is 89.4 cm³/mol. The zero-order chi connectivity index (χ0) is 19.0. The topological polar surface area (TPSA) is 9.72 Å². The van der Waals surface area contributed by atoms with Gasteiger partial charge in [0.05, 0.1) is 6.67 Å². The van der Waals surface area contributed by atoms with Gasteiger partial charge < -0.3 is 0 Å². The highest BCUT2D eigenvalue weighted by atomic mass is 15.4. The minimum Gasteiger partial charge on any atom is -0.293 e. The summed E-state index contributed by atoms with van der Waals surface area (Å²) in [7, 11) is 0. The van der Waals surface area contributed by atoms with Crippen LogP contribution in [0.3, 0.4) is 0 Å². The Kier molecular flexibility index (Phi) is 2.83. The molecule has 4 aliphatic heterocycles. The molecule has 0 amide bonds. The highest BCUT2D eigenvalue weighted by Gasteiger charge is 2.44. The first-order valence-corrected chi connectivity index (χ1v) is 8.45. The fourth-order valence-corrected chi connectivity index (χ4v) is 3.87. The van der Waals surface area contributed by atoms with Gasteiger partial charge in [0.15, 0.2) is 0 Å². The first kappa shape index (κ1) is 11.4. The molecule has 21 heavy (non-hydrogen) atoms. The van der Waals surface area contributed by atoms with Crippen molar-refractivity contribution in [1.82, 2.24) is 14.7 Å². The summed E-state index contributed by atoms with van der Waals surface area (Å²) in [5.74, 6) is -0.611. The summed E-state index contributed by atoms with van der Waals surface area (Å²) in [6.45, 7) is 11.7. The molecule has 2 atom stereocenters. The van der Waals surface area contributed by atoms with Crippen LogP contribution >= 0.6 is 0 Å². The highest BCUT2D eigenvalue weighted by molar-refractivity contribution is 4.99. The van der Waals surface area contributed by atoms with Crippen molar-refractivity contribution in [2.24, 2.45) is 11.3 Å². The summed E-state index contributed by atoms with van der Waals surface area (Å²) in [6, 6.07) is 0.908. The van der Waals surface area contributed by atoms with E-state index >= 15 is 0 Å². The Morgan fingerprint density at radius 1 is 0.952 bits per heavy atom. The van der Waals surface area contributed by atoms with Crippen LogP contribution in [0.2, 0.25) is 0 Å². The lowest BCUT2D eigenvalue weighted by Crippen LogP contribution is -2.68. The van der Waals surface area contributed by atoms with Gasteiger partial charge in [0, 0.05) is 49.2 Å². The second-order valence-electron chi connectivity index (χ2n) is 9.11. The first-order valence-electron chi connectivity index (χ1n) is 10.5. The Morgan fingerprint density at radius 3 is 2.05 bits per heavy atom. The third-order valence-electron chi connectivity index (χ3n) is 5.26. The van der Waals surface area contributed by atoms with Gasteiger partial charge >= 0.3 is 0 Å². The van der Waals surface area contributed by atoms with Crippen molar-refractivity contribution >= 4 is 0 Å². The quantitative estimate of drug-likeness (QED) is 0.776. The zero-order valence-corrected chi connectivity index (χ0v) is 14.6. The zero-order valence-electron chi connectivity index (χ0n) is 18.6. The predicted octanol–water partition coefficient (Wildman–Crippen LogP) is 2.87. The Hall–Kier alpha value is -0.120. The minimum atomic E-state index is -1.60. The molecule has 0 N–H and O–H groups in total. The van der Waals surface area contributed by atoms with Gasteiger partial charge in [0.2, 0.25) is 0 Å². The summed E-state index contributed by atoms with van der Waals surface area (Å²) in [6.07, 6.45) is 2.34. The number of likely N-dealkylation sites (tertiary alicyclic amines) is 1. The lowest BCUT2D eigenvalue weighted by atomic mass is 9.76. The van der Waals surface area contributed by atoms with Crippen molar-refractivity contribution in [2.45, 2.75) is 72.0 Å². The van der Waals surface area contributed by atoms with Crippen LogP contribution in [0, 0.1) is 11.3 Å². The molecule has 0 aromatic rings. The van der Waals surface area contributed by atoms with Crippen LogP contribution in [0.25, 0.3) is 0 Å². The molecule has 4 heterocycles. The van der Waals surface area contributed by atoms with Crippen LogP contribution in [0.4, 0.5) is 0 Å². The van der Waals surface area contributed by atoms with E-state index in [2.05, 4.69) is 30.6 Å². The summed E-state index contributed by atoms with van der Waals surface area (Å²) >= 11 is 0. The lowest BCUT2D eigenvalue weighted by molar-refractivity contribution is -0.100. The van der Waals surface area contributed by atoms with Crippen LogP contribution in [-0.2, 0) is 0 Å². The molecule has 0 aromatic carbocycles. The van der Waals surface area contributed by atoms with Crippen molar-refractivity contribution in [3.8, 4) is 0 Å². The summed E-state index contributed by atoms with van der Waals surface area (Å²) < 4.78 is 34.0. The Labute approximate surface area is 137 Å². The van der Waals surface area contributed by atoms with Crippen LogP contribution < -0.4 is 0 Å². The summed E-state index contributed by atoms with van der Waals surface area (Å²) in [4.78, 5) is 6.36. The van der Waals surface area contributed by atoms with Gasteiger partial charge in [-0.05, 0) is 44.9 Å². The molecule has 0 radical (unpaired) electrons. The van der Waals surface area contributed by atoms with E-state index in [1.54, 1.807) is 0 Å². The summed E-state index contributed by atoms with van der Waals surface area (Å²) in [5.41, 5.74) is -0.236. The Bertz CT molecular complexity index is 507. The molecule has 3 heteroatoms. The Morgan fingerprint density at radius 2 is 1.57 bits per heavy atom. The van der Waals surface area contributed by atoms with Gasteiger partial charge in [0.1, 0.15) is 0 Å². The first-order chi connectivity index (χ1) is 11.2. The van der Waals surface area contributed by atoms with E-state index in [0.717, 1.165) is 19.5 Å². The molecule has 4 rings (SSSR count). The molecule has 4 aliphatic rings. The molecule has 0 aromatic heterocycles. The number of hydrogen-bond donors (Lipinski definition) is 0. The average Bonchev–Trinajstić information content (AvgIpc) is 2.41. The minimum absolute atomic E-state index is 0.159. The van der Waals surface area contributed by atoms with Gasteiger partial charge in [-0.3, -0.25) is 14.7 Å². The number of fused-ring (bicyclic) bond motifs is 3. The van der Waals surface area contributed by atoms with Crippen molar-refractivity contribution in [3.63, 3.8) is 0 Å². The van der Waals surface area contributed by atoms with Gasteiger partial charge in [-0.2, -0.15) is 0 Å². The van der Waals surface area contributed by atoms with Crippen LogP contribution in [-0.4, -0.2) is 65.1 Å². The van der Waals surface area contributed by atoms with Crippen LogP contribution in [0.15, 0.2) is 0 Å². The summed E-state index contributed by atoms with van der Waals surface area (Å²) in [5, 5.41) is 0. The van der Waals surface area contributed by atoms with Gasteiger partial charge in [-0.15, -0.1) is 0 Å². The van der Waals surface area contributed by atoms with Gasteiger partial charge in [-0.1, -0.05) is 20.8 Å². The van der Waals surface area contributed by atoms with Gasteiger partial charge in [0.25, 0.3) is 0 Å². The number of rotatable bonds is 2.